The summed E-state index contributed by atoms with van der Waals surface area (Å²) in [6, 6.07) is 4.00. The molecule has 0 aliphatic heterocycles. The molecule has 0 bridgehead atoms. The average Bonchev–Trinajstić information content (AvgIpc) is 2.68. The highest BCUT2D eigenvalue weighted by molar-refractivity contribution is 9.10. The number of Topliss-reactive ketones (excluding diaryl/α,β-unsaturated/α-hetero) is 1. The van der Waals surface area contributed by atoms with Crippen molar-refractivity contribution < 1.29 is 4.79 Å². The van der Waals surface area contributed by atoms with Gasteiger partial charge in [0.2, 0.25) is 0 Å². The van der Waals surface area contributed by atoms with Crippen molar-refractivity contribution in [1.29, 1.82) is 0 Å². The van der Waals surface area contributed by atoms with Gasteiger partial charge in [-0.2, -0.15) is 0 Å². The number of ketones is 1. The zero-order valence-electron chi connectivity index (χ0n) is 8.99. The molecule has 0 radical (unpaired) electrons. The minimum atomic E-state index is 0.322. The van der Waals surface area contributed by atoms with E-state index in [0.717, 1.165) is 40.9 Å². The molecule has 1 aromatic rings. The number of hydrogen-bond donors (Lipinski definition) is 0. The summed E-state index contributed by atoms with van der Waals surface area (Å²) < 4.78 is 1.00. The number of nitrogens with zero attached hydrogens (tertiary/aromatic N) is 1. The standard InChI is InChI=1S/C12H14BrNOS/c13-10-4-5-12(14-8-10)16-7-6-9-2-1-3-11(9)15/h4-5,8-9H,1-3,6-7H2. The van der Waals surface area contributed by atoms with Crippen LogP contribution in [-0.2, 0) is 4.79 Å². The molecule has 2 nitrogen and oxygen atoms in total. The van der Waals surface area contributed by atoms with Gasteiger partial charge in [0.25, 0.3) is 0 Å². The van der Waals surface area contributed by atoms with E-state index in [0.29, 0.717) is 11.7 Å². The number of thioether (sulfide) groups is 1. The van der Waals surface area contributed by atoms with Crippen molar-refractivity contribution in [3.63, 3.8) is 0 Å². The first-order chi connectivity index (χ1) is 7.75. The first-order valence-corrected chi connectivity index (χ1v) is 7.30. The van der Waals surface area contributed by atoms with Crippen LogP contribution in [0.4, 0.5) is 0 Å². The predicted octanol–water partition coefficient (Wildman–Crippen LogP) is 3.70. The molecule has 1 heterocycles. The third-order valence-corrected chi connectivity index (χ3v) is 4.29. The number of hydrogen-bond acceptors (Lipinski definition) is 3. The first-order valence-electron chi connectivity index (χ1n) is 5.53. The van der Waals surface area contributed by atoms with Crippen LogP contribution in [0.15, 0.2) is 27.8 Å². The predicted molar refractivity (Wildman–Crippen MR) is 69.6 cm³/mol. The smallest absolute Gasteiger partial charge is 0.136 e. The van der Waals surface area contributed by atoms with Crippen molar-refractivity contribution >= 4 is 33.5 Å². The summed E-state index contributed by atoms with van der Waals surface area (Å²) in [4.78, 5) is 15.7. The molecule has 1 fully saturated rings. The van der Waals surface area contributed by atoms with Gasteiger partial charge in [-0.15, -0.1) is 11.8 Å². The summed E-state index contributed by atoms with van der Waals surface area (Å²) in [5.74, 6) is 1.78. The highest BCUT2D eigenvalue weighted by Crippen LogP contribution is 2.27. The van der Waals surface area contributed by atoms with E-state index in [4.69, 9.17) is 0 Å². The number of rotatable bonds is 4. The van der Waals surface area contributed by atoms with Crippen molar-refractivity contribution in [2.45, 2.75) is 30.7 Å². The lowest BCUT2D eigenvalue weighted by atomic mass is 10.1. The third-order valence-electron chi connectivity index (χ3n) is 2.85. The lowest BCUT2D eigenvalue weighted by molar-refractivity contribution is -0.120. The number of halogens is 1. The monoisotopic (exact) mass is 299 g/mol. The molecule has 1 aromatic heterocycles. The first kappa shape index (κ1) is 12.1. The van der Waals surface area contributed by atoms with E-state index in [1.165, 1.54) is 0 Å². The zero-order valence-corrected chi connectivity index (χ0v) is 11.4. The molecule has 86 valence electrons. The SMILES string of the molecule is O=C1CCCC1CCSc1ccc(Br)cn1. The second-order valence-electron chi connectivity index (χ2n) is 4.01. The molecule has 1 aliphatic carbocycles. The molecule has 1 atom stereocenters. The highest BCUT2D eigenvalue weighted by Gasteiger charge is 2.23. The lowest BCUT2D eigenvalue weighted by Crippen LogP contribution is -2.06. The number of carbonyl (C=O) groups is 1. The molecule has 0 amide bonds. The fraction of sp³-hybridized carbons (Fsp3) is 0.500. The summed E-state index contributed by atoms with van der Waals surface area (Å²) in [6.07, 6.45) is 5.79. The van der Waals surface area contributed by atoms with E-state index in [-0.39, 0.29) is 0 Å². The topological polar surface area (TPSA) is 30.0 Å². The number of aromatic nitrogens is 1. The molecular weight excluding hydrogens is 286 g/mol. The summed E-state index contributed by atoms with van der Waals surface area (Å²) >= 11 is 5.09. The molecule has 1 aliphatic rings. The Hall–Kier alpha value is -0.350. The summed E-state index contributed by atoms with van der Waals surface area (Å²) in [6.45, 7) is 0. The van der Waals surface area contributed by atoms with Crippen LogP contribution in [0.25, 0.3) is 0 Å². The van der Waals surface area contributed by atoms with Crippen molar-refractivity contribution in [1.82, 2.24) is 4.98 Å². The molecule has 0 aromatic carbocycles. The van der Waals surface area contributed by atoms with E-state index in [2.05, 4.69) is 20.9 Å². The van der Waals surface area contributed by atoms with Gasteiger partial charge in [-0.1, -0.05) is 0 Å². The molecule has 16 heavy (non-hydrogen) atoms. The summed E-state index contributed by atoms with van der Waals surface area (Å²) in [5.41, 5.74) is 0. The Morgan fingerprint density at radius 3 is 3.00 bits per heavy atom. The minimum Gasteiger partial charge on any atom is -0.299 e. The summed E-state index contributed by atoms with van der Waals surface area (Å²) in [7, 11) is 0. The van der Waals surface area contributed by atoms with Crippen LogP contribution in [0.1, 0.15) is 25.7 Å². The molecule has 0 saturated heterocycles. The van der Waals surface area contributed by atoms with Gasteiger partial charge in [-0.05, 0) is 47.3 Å². The van der Waals surface area contributed by atoms with Crippen LogP contribution < -0.4 is 0 Å². The van der Waals surface area contributed by atoms with Crippen LogP contribution in [0.5, 0.6) is 0 Å². The molecule has 0 spiro atoms. The fourth-order valence-corrected chi connectivity index (χ4v) is 3.08. The minimum absolute atomic E-state index is 0.322. The Balaban J connectivity index is 1.75. The Labute approximate surface area is 108 Å². The van der Waals surface area contributed by atoms with Gasteiger partial charge in [0.15, 0.2) is 0 Å². The average molecular weight is 300 g/mol. The second-order valence-corrected chi connectivity index (χ2v) is 6.04. The molecule has 1 unspecified atom stereocenters. The van der Waals surface area contributed by atoms with Crippen LogP contribution in [-0.4, -0.2) is 16.5 Å². The Bertz CT molecular complexity index is 366. The van der Waals surface area contributed by atoms with E-state index in [9.17, 15) is 4.79 Å². The van der Waals surface area contributed by atoms with Gasteiger partial charge in [0.05, 0.1) is 5.03 Å². The molecular formula is C12H14BrNOS. The van der Waals surface area contributed by atoms with Crippen LogP contribution in [0.2, 0.25) is 0 Å². The zero-order chi connectivity index (χ0) is 11.4. The Morgan fingerprint density at radius 2 is 2.38 bits per heavy atom. The van der Waals surface area contributed by atoms with Crippen molar-refractivity contribution in [2.75, 3.05) is 5.75 Å². The van der Waals surface area contributed by atoms with Gasteiger partial charge < -0.3 is 0 Å². The maximum atomic E-state index is 11.4. The van der Waals surface area contributed by atoms with Crippen LogP contribution in [0, 0.1) is 5.92 Å². The molecule has 0 N–H and O–H groups in total. The fourth-order valence-electron chi connectivity index (χ4n) is 1.95. The Morgan fingerprint density at radius 1 is 1.50 bits per heavy atom. The van der Waals surface area contributed by atoms with Gasteiger partial charge in [0.1, 0.15) is 5.78 Å². The quantitative estimate of drug-likeness (QED) is 0.794. The van der Waals surface area contributed by atoms with E-state index in [1.807, 2.05) is 18.3 Å². The van der Waals surface area contributed by atoms with Gasteiger partial charge in [0, 0.05) is 28.8 Å². The number of carbonyl (C=O) groups excluding carboxylic acids is 1. The molecule has 4 heteroatoms. The Kier molecular flexibility index (Phi) is 4.41. The van der Waals surface area contributed by atoms with E-state index < -0.39 is 0 Å². The maximum absolute atomic E-state index is 11.4. The maximum Gasteiger partial charge on any atom is 0.136 e. The van der Waals surface area contributed by atoms with Gasteiger partial charge in [-0.3, -0.25) is 4.79 Å². The van der Waals surface area contributed by atoms with Crippen molar-refractivity contribution in [2.24, 2.45) is 5.92 Å². The van der Waals surface area contributed by atoms with Crippen molar-refractivity contribution in [3.8, 4) is 0 Å². The largest absolute Gasteiger partial charge is 0.299 e. The van der Waals surface area contributed by atoms with E-state index >= 15 is 0 Å². The van der Waals surface area contributed by atoms with Gasteiger partial charge in [-0.25, -0.2) is 4.98 Å². The highest BCUT2D eigenvalue weighted by atomic mass is 79.9. The van der Waals surface area contributed by atoms with Crippen LogP contribution >= 0.6 is 27.7 Å². The van der Waals surface area contributed by atoms with Gasteiger partial charge >= 0.3 is 0 Å². The van der Waals surface area contributed by atoms with Crippen LogP contribution in [0.3, 0.4) is 0 Å². The second kappa shape index (κ2) is 5.82. The molecule has 1 saturated carbocycles. The van der Waals surface area contributed by atoms with E-state index in [1.54, 1.807) is 11.8 Å². The molecule has 2 rings (SSSR count). The normalized spacial score (nSPS) is 20.3. The lowest BCUT2D eigenvalue weighted by Gasteiger charge is -2.06. The number of pyridine rings is 1. The third kappa shape index (κ3) is 3.32. The summed E-state index contributed by atoms with van der Waals surface area (Å²) in [5, 5.41) is 1.04. The van der Waals surface area contributed by atoms with Crippen molar-refractivity contribution in [3.05, 3.63) is 22.8 Å².